The lowest BCUT2D eigenvalue weighted by Gasteiger charge is -2.43. The maximum atomic E-state index is 15.1. The standard InChI is InChI=1S/C36H45N3O4S/c1-8-17-37(26-13-11-10-12-14-26)33(41)30-29-20-25(7)36(44-29)31(30)34(42)39(28(21-40)22(3)4)32(36)35(43)38(18-9-2)27-19-23(5)15-16-24(27)6/h8-16,19,22,25,28-32,40H,1-2,17-18,20-21H2,3-7H3/t25?,28-,29+,30-,31-,32?,36?/m0/s1. The van der Waals surface area contributed by atoms with E-state index in [9.17, 15) is 14.7 Å². The van der Waals surface area contributed by atoms with E-state index in [4.69, 9.17) is 0 Å². The van der Waals surface area contributed by atoms with Gasteiger partial charge in [-0.05, 0) is 61.4 Å². The molecule has 234 valence electrons. The molecule has 7 nitrogen and oxygen atoms in total. The number of anilines is 2. The number of benzene rings is 2. The second kappa shape index (κ2) is 12.6. The summed E-state index contributed by atoms with van der Waals surface area (Å²) < 4.78 is -0.810. The van der Waals surface area contributed by atoms with Crippen LogP contribution in [0.3, 0.4) is 0 Å². The van der Waals surface area contributed by atoms with Crippen molar-refractivity contribution in [3.63, 3.8) is 0 Å². The molecule has 8 heteroatoms. The molecule has 0 aliphatic carbocycles. The fourth-order valence-electron chi connectivity index (χ4n) is 7.83. The van der Waals surface area contributed by atoms with Crippen LogP contribution in [0, 0.1) is 37.5 Å². The van der Waals surface area contributed by atoms with E-state index in [0.717, 1.165) is 28.9 Å². The minimum Gasteiger partial charge on any atom is -0.394 e. The third-order valence-corrected chi connectivity index (χ3v) is 12.0. The van der Waals surface area contributed by atoms with Crippen LogP contribution in [-0.4, -0.2) is 69.5 Å². The lowest BCUT2D eigenvalue weighted by Crippen LogP contribution is -2.60. The molecule has 0 aromatic heterocycles. The Morgan fingerprint density at radius 3 is 2.34 bits per heavy atom. The van der Waals surface area contributed by atoms with Crippen molar-refractivity contribution in [1.82, 2.24) is 4.90 Å². The van der Waals surface area contributed by atoms with E-state index in [1.54, 1.807) is 38.6 Å². The zero-order valence-corrected chi connectivity index (χ0v) is 27.3. The van der Waals surface area contributed by atoms with Gasteiger partial charge in [0.05, 0.1) is 29.2 Å². The summed E-state index contributed by atoms with van der Waals surface area (Å²) in [6.45, 7) is 18.2. The van der Waals surface area contributed by atoms with E-state index in [1.807, 2.05) is 76.2 Å². The molecule has 0 saturated carbocycles. The summed E-state index contributed by atoms with van der Waals surface area (Å²) in [5.41, 5.74) is 3.51. The zero-order chi connectivity index (χ0) is 31.9. The van der Waals surface area contributed by atoms with Gasteiger partial charge in [0.2, 0.25) is 11.8 Å². The number of likely N-dealkylation sites (tertiary alicyclic amines) is 1. The lowest BCUT2D eigenvalue weighted by molar-refractivity contribution is -0.142. The highest BCUT2D eigenvalue weighted by molar-refractivity contribution is 8.02. The van der Waals surface area contributed by atoms with Crippen LogP contribution in [0.5, 0.6) is 0 Å². The predicted molar refractivity (Wildman–Crippen MR) is 179 cm³/mol. The summed E-state index contributed by atoms with van der Waals surface area (Å²) in [5, 5.41) is 10.6. The molecule has 2 aromatic carbocycles. The van der Waals surface area contributed by atoms with Crippen LogP contribution in [0.4, 0.5) is 11.4 Å². The molecule has 1 spiro atoms. The molecular weight excluding hydrogens is 570 g/mol. The highest BCUT2D eigenvalue weighted by atomic mass is 32.2. The fourth-order valence-corrected chi connectivity index (χ4v) is 10.2. The Kier molecular flexibility index (Phi) is 9.15. The molecule has 3 saturated heterocycles. The first-order valence-corrected chi connectivity index (χ1v) is 16.5. The largest absolute Gasteiger partial charge is 0.394 e. The Hall–Kier alpha value is -3.36. The van der Waals surface area contributed by atoms with Gasteiger partial charge in [0.15, 0.2) is 0 Å². The molecule has 5 rings (SSSR count). The average molecular weight is 616 g/mol. The number of aryl methyl sites for hydroxylation is 2. The average Bonchev–Trinajstić information content (AvgIpc) is 3.60. The normalized spacial score (nSPS) is 27.8. The molecule has 3 fully saturated rings. The number of fused-ring (bicyclic) bond motifs is 1. The van der Waals surface area contributed by atoms with Crippen LogP contribution in [0.1, 0.15) is 38.3 Å². The van der Waals surface area contributed by atoms with Gasteiger partial charge in [-0.3, -0.25) is 14.4 Å². The van der Waals surface area contributed by atoms with Gasteiger partial charge in [-0.25, -0.2) is 0 Å². The molecule has 3 amide bonds. The third kappa shape index (κ3) is 5.00. The van der Waals surface area contributed by atoms with Gasteiger partial charge in [-0.15, -0.1) is 24.9 Å². The van der Waals surface area contributed by atoms with Crippen LogP contribution in [0.25, 0.3) is 0 Å². The summed E-state index contributed by atoms with van der Waals surface area (Å²) >= 11 is 1.66. The molecule has 3 aliphatic heterocycles. The Morgan fingerprint density at radius 1 is 1.07 bits per heavy atom. The van der Waals surface area contributed by atoms with E-state index in [1.165, 1.54) is 0 Å². The Morgan fingerprint density at radius 2 is 1.73 bits per heavy atom. The molecule has 44 heavy (non-hydrogen) atoms. The van der Waals surface area contributed by atoms with Gasteiger partial charge in [0.1, 0.15) is 6.04 Å². The topological polar surface area (TPSA) is 81.2 Å². The van der Waals surface area contributed by atoms with Gasteiger partial charge in [0, 0.05) is 29.7 Å². The Labute approximate surface area is 266 Å². The zero-order valence-electron chi connectivity index (χ0n) is 26.5. The van der Waals surface area contributed by atoms with Crippen LogP contribution in [0.15, 0.2) is 73.8 Å². The van der Waals surface area contributed by atoms with Crippen molar-refractivity contribution >= 4 is 40.9 Å². The molecule has 0 radical (unpaired) electrons. The lowest BCUT2D eigenvalue weighted by atomic mass is 9.65. The van der Waals surface area contributed by atoms with Crippen molar-refractivity contribution in [2.45, 2.75) is 63.1 Å². The van der Waals surface area contributed by atoms with E-state index in [2.05, 4.69) is 20.1 Å². The smallest absolute Gasteiger partial charge is 0.251 e. The monoisotopic (exact) mass is 615 g/mol. The number of aliphatic hydroxyl groups excluding tert-OH is 1. The molecule has 7 atom stereocenters. The Bertz CT molecular complexity index is 1440. The Balaban J connectivity index is 1.66. The van der Waals surface area contributed by atoms with Gasteiger partial charge in [-0.1, -0.05) is 63.3 Å². The number of nitrogens with zero attached hydrogens (tertiary/aromatic N) is 3. The summed E-state index contributed by atoms with van der Waals surface area (Å²) in [6, 6.07) is 14.1. The highest BCUT2D eigenvalue weighted by Crippen LogP contribution is 2.69. The van der Waals surface area contributed by atoms with Crippen LogP contribution >= 0.6 is 11.8 Å². The second-order valence-corrected chi connectivity index (χ2v) is 14.4. The van der Waals surface area contributed by atoms with Gasteiger partial charge in [0.25, 0.3) is 5.91 Å². The number of amides is 3. The van der Waals surface area contributed by atoms with Gasteiger partial charge in [-0.2, -0.15) is 0 Å². The van der Waals surface area contributed by atoms with Crippen molar-refractivity contribution in [3.05, 3.63) is 85.0 Å². The molecule has 2 bridgehead atoms. The van der Waals surface area contributed by atoms with Crippen LogP contribution in [-0.2, 0) is 14.4 Å². The first-order valence-electron chi connectivity index (χ1n) is 15.6. The summed E-state index contributed by atoms with van der Waals surface area (Å²) in [7, 11) is 0. The van der Waals surface area contributed by atoms with Crippen molar-refractivity contribution < 1.29 is 19.5 Å². The SMILES string of the molecule is C=CCN(C(=O)[C@@H]1[C@H]2C(=O)N([C@@H](CO)C(C)C)C(C(=O)N(CC=C)c3cc(C)ccc3C)C23S[C@@H]1CC3C)c1ccccc1. The van der Waals surface area contributed by atoms with Crippen LogP contribution < -0.4 is 9.80 Å². The molecule has 3 unspecified atom stereocenters. The maximum absolute atomic E-state index is 15.1. The number of hydrogen-bond acceptors (Lipinski definition) is 5. The molecule has 3 aliphatic rings. The molecular formula is C36H45N3O4S. The highest BCUT2D eigenvalue weighted by Gasteiger charge is 2.77. The summed E-state index contributed by atoms with van der Waals surface area (Å²) in [6.07, 6.45) is 4.15. The quantitative estimate of drug-likeness (QED) is 0.343. The van der Waals surface area contributed by atoms with E-state index < -0.39 is 28.7 Å². The summed E-state index contributed by atoms with van der Waals surface area (Å²) in [5.74, 6) is -1.88. The number of thioether (sulfide) groups is 1. The second-order valence-electron chi connectivity index (χ2n) is 12.9. The molecule has 3 heterocycles. The first-order chi connectivity index (χ1) is 21.0. The van der Waals surface area contributed by atoms with Gasteiger partial charge < -0.3 is 19.8 Å². The molecule has 2 aromatic rings. The maximum Gasteiger partial charge on any atom is 0.251 e. The van der Waals surface area contributed by atoms with Crippen molar-refractivity contribution in [2.75, 3.05) is 29.5 Å². The first kappa shape index (κ1) is 32.0. The fraction of sp³-hybridized carbons (Fsp3) is 0.472. The van der Waals surface area contributed by atoms with Crippen LogP contribution in [0.2, 0.25) is 0 Å². The van der Waals surface area contributed by atoms with E-state index in [0.29, 0.717) is 6.54 Å². The predicted octanol–water partition coefficient (Wildman–Crippen LogP) is 5.40. The minimum absolute atomic E-state index is 0.00900. The number of hydrogen-bond donors (Lipinski definition) is 1. The van der Waals surface area contributed by atoms with E-state index in [-0.39, 0.29) is 48.0 Å². The number of para-hydroxylation sites is 1. The number of carbonyl (C=O) groups is 3. The molecule has 1 N–H and O–H groups in total. The van der Waals surface area contributed by atoms with Crippen molar-refractivity contribution in [2.24, 2.45) is 23.7 Å². The third-order valence-electron chi connectivity index (χ3n) is 9.90. The van der Waals surface area contributed by atoms with Gasteiger partial charge >= 0.3 is 0 Å². The number of rotatable bonds is 11. The van der Waals surface area contributed by atoms with Crippen molar-refractivity contribution in [3.8, 4) is 0 Å². The number of carbonyl (C=O) groups excluding carboxylic acids is 3. The van der Waals surface area contributed by atoms with E-state index >= 15 is 4.79 Å². The summed E-state index contributed by atoms with van der Waals surface area (Å²) in [4.78, 5) is 49.6. The number of aliphatic hydroxyl groups is 1. The van der Waals surface area contributed by atoms with Crippen molar-refractivity contribution in [1.29, 1.82) is 0 Å². The minimum atomic E-state index is -0.841.